The minimum atomic E-state index is -4.11. The SMILES string of the molecule is CC(C)c1cnn(CCC(F)(F)F)c1. The van der Waals surface area contributed by atoms with E-state index >= 15 is 0 Å². The minimum Gasteiger partial charge on any atom is -0.272 e. The van der Waals surface area contributed by atoms with Gasteiger partial charge < -0.3 is 0 Å². The highest BCUT2D eigenvalue weighted by Gasteiger charge is 2.26. The lowest BCUT2D eigenvalue weighted by Crippen LogP contribution is -2.12. The van der Waals surface area contributed by atoms with Crippen molar-refractivity contribution in [3.8, 4) is 0 Å². The molecule has 0 aromatic carbocycles. The van der Waals surface area contributed by atoms with E-state index < -0.39 is 12.6 Å². The normalized spacial score (nSPS) is 12.4. The van der Waals surface area contributed by atoms with Crippen LogP contribution in [-0.2, 0) is 6.54 Å². The molecule has 1 aromatic heterocycles. The number of nitrogens with zero attached hydrogens (tertiary/aromatic N) is 2. The Kier molecular flexibility index (Phi) is 3.18. The molecular weight excluding hydrogens is 193 g/mol. The van der Waals surface area contributed by atoms with Crippen LogP contribution in [0.15, 0.2) is 12.4 Å². The van der Waals surface area contributed by atoms with Crippen LogP contribution in [0.5, 0.6) is 0 Å². The number of alkyl halides is 3. The van der Waals surface area contributed by atoms with Crippen molar-refractivity contribution in [2.75, 3.05) is 0 Å². The maximum Gasteiger partial charge on any atom is 0.390 e. The Balaban J connectivity index is 2.52. The Morgan fingerprint density at radius 1 is 1.43 bits per heavy atom. The van der Waals surface area contributed by atoms with Crippen molar-refractivity contribution in [3.05, 3.63) is 18.0 Å². The fourth-order valence-corrected chi connectivity index (χ4v) is 1.04. The zero-order valence-corrected chi connectivity index (χ0v) is 8.17. The number of halogens is 3. The maximum absolute atomic E-state index is 11.9. The van der Waals surface area contributed by atoms with Crippen LogP contribution in [0.4, 0.5) is 13.2 Å². The van der Waals surface area contributed by atoms with E-state index in [1.54, 1.807) is 12.4 Å². The number of rotatable bonds is 3. The largest absolute Gasteiger partial charge is 0.390 e. The highest BCUT2D eigenvalue weighted by molar-refractivity contribution is 5.08. The Morgan fingerprint density at radius 2 is 2.07 bits per heavy atom. The van der Waals surface area contributed by atoms with Gasteiger partial charge in [0.2, 0.25) is 0 Å². The van der Waals surface area contributed by atoms with Gasteiger partial charge in [-0.3, -0.25) is 4.68 Å². The second-order valence-electron chi connectivity index (χ2n) is 3.56. The van der Waals surface area contributed by atoms with Gasteiger partial charge in [0, 0.05) is 12.7 Å². The van der Waals surface area contributed by atoms with Crippen LogP contribution in [0.25, 0.3) is 0 Å². The van der Waals surface area contributed by atoms with Gasteiger partial charge in [0.1, 0.15) is 0 Å². The van der Waals surface area contributed by atoms with E-state index in [0.29, 0.717) is 5.92 Å². The molecule has 0 spiro atoms. The van der Waals surface area contributed by atoms with E-state index in [1.807, 2.05) is 13.8 Å². The van der Waals surface area contributed by atoms with Gasteiger partial charge in [0.05, 0.1) is 12.6 Å². The van der Waals surface area contributed by atoms with Gasteiger partial charge in [-0.1, -0.05) is 13.8 Å². The van der Waals surface area contributed by atoms with Gasteiger partial charge >= 0.3 is 6.18 Å². The van der Waals surface area contributed by atoms with Crippen LogP contribution in [0.3, 0.4) is 0 Å². The average Bonchev–Trinajstić information content (AvgIpc) is 2.47. The molecule has 0 amide bonds. The van der Waals surface area contributed by atoms with E-state index in [4.69, 9.17) is 0 Å². The molecule has 0 fully saturated rings. The first-order valence-electron chi connectivity index (χ1n) is 4.47. The molecule has 0 saturated heterocycles. The Labute approximate surface area is 80.7 Å². The van der Waals surface area contributed by atoms with Gasteiger partial charge in [-0.15, -0.1) is 0 Å². The Morgan fingerprint density at radius 3 is 2.50 bits per heavy atom. The third kappa shape index (κ3) is 3.40. The first-order chi connectivity index (χ1) is 6.38. The summed E-state index contributed by atoms with van der Waals surface area (Å²) >= 11 is 0. The minimum absolute atomic E-state index is 0.101. The van der Waals surface area contributed by atoms with Crippen molar-refractivity contribution in [2.45, 2.75) is 38.9 Å². The molecule has 0 aliphatic heterocycles. The summed E-state index contributed by atoms with van der Waals surface area (Å²) in [5.41, 5.74) is 0.965. The molecule has 0 bridgehead atoms. The zero-order valence-electron chi connectivity index (χ0n) is 8.17. The summed E-state index contributed by atoms with van der Waals surface area (Å²) in [7, 11) is 0. The molecule has 1 aromatic rings. The van der Waals surface area contributed by atoms with Crippen molar-refractivity contribution < 1.29 is 13.2 Å². The highest BCUT2D eigenvalue weighted by atomic mass is 19.4. The van der Waals surface area contributed by atoms with E-state index in [9.17, 15) is 13.2 Å². The molecule has 0 unspecified atom stereocenters. The molecule has 0 saturated carbocycles. The Bertz CT molecular complexity index is 288. The summed E-state index contributed by atoms with van der Waals surface area (Å²) in [5.74, 6) is 0.301. The summed E-state index contributed by atoms with van der Waals surface area (Å²) in [6.07, 6.45) is -1.66. The van der Waals surface area contributed by atoms with Gasteiger partial charge in [0.15, 0.2) is 0 Å². The number of aromatic nitrogens is 2. The van der Waals surface area contributed by atoms with Crippen LogP contribution >= 0.6 is 0 Å². The zero-order chi connectivity index (χ0) is 10.8. The molecule has 2 nitrogen and oxygen atoms in total. The first-order valence-corrected chi connectivity index (χ1v) is 4.47. The lowest BCUT2D eigenvalue weighted by molar-refractivity contribution is -0.137. The van der Waals surface area contributed by atoms with Crippen molar-refractivity contribution in [1.82, 2.24) is 9.78 Å². The predicted molar refractivity (Wildman–Crippen MR) is 47.0 cm³/mol. The molecule has 14 heavy (non-hydrogen) atoms. The Hall–Kier alpha value is -1.00. The smallest absolute Gasteiger partial charge is 0.272 e. The van der Waals surface area contributed by atoms with Crippen molar-refractivity contribution in [1.29, 1.82) is 0 Å². The monoisotopic (exact) mass is 206 g/mol. The topological polar surface area (TPSA) is 17.8 Å². The van der Waals surface area contributed by atoms with Crippen LogP contribution in [-0.4, -0.2) is 16.0 Å². The molecule has 5 heteroatoms. The molecule has 80 valence electrons. The first kappa shape index (κ1) is 11.1. The van der Waals surface area contributed by atoms with Crippen LogP contribution in [0.2, 0.25) is 0 Å². The molecule has 1 heterocycles. The molecule has 1 rings (SSSR count). The molecule has 0 aliphatic carbocycles. The van der Waals surface area contributed by atoms with E-state index in [1.165, 1.54) is 4.68 Å². The summed E-state index contributed by atoms with van der Waals surface area (Å²) in [5, 5.41) is 3.86. The number of aryl methyl sites for hydroxylation is 1. The number of hydrogen-bond acceptors (Lipinski definition) is 1. The van der Waals surface area contributed by atoms with E-state index in [0.717, 1.165) is 5.56 Å². The third-order valence-corrected chi connectivity index (χ3v) is 1.94. The van der Waals surface area contributed by atoms with Crippen LogP contribution in [0.1, 0.15) is 31.7 Å². The standard InChI is InChI=1S/C9H13F3N2/c1-7(2)8-5-13-14(6-8)4-3-9(10,11)12/h5-7H,3-4H2,1-2H3. The fraction of sp³-hybridized carbons (Fsp3) is 0.667. The molecular formula is C9H13F3N2. The lowest BCUT2D eigenvalue weighted by atomic mass is 10.1. The number of hydrogen-bond donors (Lipinski definition) is 0. The van der Waals surface area contributed by atoms with Gasteiger partial charge in [-0.25, -0.2) is 0 Å². The van der Waals surface area contributed by atoms with Gasteiger partial charge in [-0.05, 0) is 11.5 Å². The van der Waals surface area contributed by atoms with Crippen molar-refractivity contribution in [3.63, 3.8) is 0 Å². The van der Waals surface area contributed by atoms with Crippen LogP contribution in [0, 0.1) is 0 Å². The van der Waals surface area contributed by atoms with Crippen LogP contribution < -0.4 is 0 Å². The van der Waals surface area contributed by atoms with Gasteiger partial charge in [0.25, 0.3) is 0 Å². The quantitative estimate of drug-likeness (QED) is 0.743. The molecule has 0 radical (unpaired) electrons. The molecule has 0 atom stereocenters. The summed E-state index contributed by atoms with van der Waals surface area (Å²) in [6.45, 7) is 3.85. The average molecular weight is 206 g/mol. The second-order valence-corrected chi connectivity index (χ2v) is 3.56. The summed E-state index contributed by atoms with van der Waals surface area (Å²) in [6, 6.07) is 0. The molecule has 0 N–H and O–H groups in total. The second kappa shape index (κ2) is 4.02. The van der Waals surface area contributed by atoms with E-state index in [2.05, 4.69) is 5.10 Å². The summed E-state index contributed by atoms with van der Waals surface area (Å²) in [4.78, 5) is 0. The summed E-state index contributed by atoms with van der Waals surface area (Å²) < 4.78 is 36.9. The molecule has 0 aliphatic rings. The predicted octanol–water partition coefficient (Wildman–Crippen LogP) is 2.96. The maximum atomic E-state index is 11.9. The highest BCUT2D eigenvalue weighted by Crippen LogP contribution is 2.20. The van der Waals surface area contributed by atoms with Crippen molar-refractivity contribution in [2.24, 2.45) is 0 Å². The fourth-order valence-electron chi connectivity index (χ4n) is 1.04. The van der Waals surface area contributed by atoms with Crippen molar-refractivity contribution >= 4 is 0 Å². The third-order valence-electron chi connectivity index (χ3n) is 1.94. The van der Waals surface area contributed by atoms with E-state index in [-0.39, 0.29) is 6.54 Å². The van der Waals surface area contributed by atoms with Gasteiger partial charge in [-0.2, -0.15) is 18.3 Å². The lowest BCUT2D eigenvalue weighted by Gasteiger charge is -2.05.